The number of carbonyl (C=O) groups excluding carboxylic acids is 1. The zero-order valence-corrected chi connectivity index (χ0v) is 16.3. The lowest BCUT2D eigenvalue weighted by Gasteiger charge is -2.41. The molecule has 6 nitrogen and oxygen atoms in total. The first-order valence-corrected chi connectivity index (χ1v) is 9.76. The van der Waals surface area contributed by atoms with E-state index in [1.165, 1.54) is 4.90 Å². The summed E-state index contributed by atoms with van der Waals surface area (Å²) in [7, 11) is 0. The summed E-state index contributed by atoms with van der Waals surface area (Å²) in [6.07, 6.45) is 3.73. The largest absolute Gasteiger partial charge is 0.480 e. The number of benzene rings is 2. The van der Waals surface area contributed by atoms with Crippen molar-refractivity contribution in [3.8, 4) is 17.1 Å². The van der Waals surface area contributed by atoms with Gasteiger partial charge in [0.05, 0.1) is 0 Å². The molecule has 1 aromatic heterocycles. The number of likely N-dealkylation sites (tertiary alicyclic amines) is 1. The third-order valence-electron chi connectivity index (χ3n) is 5.59. The van der Waals surface area contributed by atoms with Crippen LogP contribution in [0.3, 0.4) is 0 Å². The molecule has 1 N–H and O–H groups in total. The van der Waals surface area contributed by atoms with E-state index in [1.807, 2.05) is 65.2 Å². The molecule has 1 unspecified atom stereocenters. The second kappa shape index (κ2) is 7.54. The predicted molar refractivity (Wildman–Crippen MR) is 110 cm³/mol. The molecule has 4 rings (SSSR count). The summed E-state index contributed by atoms with van der Waals surface area (Å²) in [6.45, 7) is 2.04. The lowest BCUT2D eigenvalue weighted by atomic mass is 9.88. The van der Waals surface area contributed by atoms with E-state index in [9.17, 15) is 14.7 Å². The normalized spacial score (nSPS) is 19.1. The Balaban J connectivity index is 1.80. The molecule has 0 bridgehead atoms. The smallest absolute Gasteiger partial charge is 0.329 e. The average Bonchev–Trinajstić information content (AvgIpc) is 3.20. The minimum atomic E-state index is -1.21. The van der Waals surface area contributed by atoms with E-state index in [0.29, 0.717) is 18.8 Å². The third kappa shape index (κ3) is 3.42. The summed E-state index contributed by atoms with van der Waals surface area (Å²) in [4.78, 5) is 31.4. The van der Waals surface area contributed by atoms with Gasteiger partial charge in [0, 0.05) is 24.0 Å². The van der Waals surface area contributed by atoms with Crippen molar-refractivity contribution in [3.05, 3.63) is 72.6 Å². The standard InChI is InChI=1S/C23H23N3O3/c1-23(22(28)29)14-8-9-15-26(23)21(27)19-16-25(18-12-6-3-7-13-18)20(24-19)17-10-4-2-5-11-17/h2-7,10-13,16H,8-9,14-15H2,1H3,(H,28,29). The maximum Gasteiger partial charge on any atom is 0.329 e. The monoisotopic (exact) mass is 389 g/mol. The Kier molecular flexibility index (Phi) is 4.92. The highest BCUT2D eigenvalue weighted by Crippen LogP contribution is 2.31. The number of aliphatic carboxylic acids is 1. The SMILES string of the molecule is CC1(C(=O)O)CCCCN1C(=O)c1cn(-c2ccccc2)c(-c2ccccc2)n1. The molecule has 1 fully saturated rings. The summed E-state index contributed by atoms with van der Waals surface area (Å²) in [5.74, 6) is -0.674. The number of hydrogen-bond acceptors (Lipinski definition) is 3. The molecule has 3 aromatic rings. The minimum absolute atomic E-state index is 0.252. The second-order valence-corrected chi connectivity index (χ2v) is 7.51. The van der Waals surface area contributed by atoms with Gasteiger partial charge in [0.1, 0.15) is 17.1 Å². The molecule has 0 radical (unpaired) electrons. The Morgan fingerprint density at radius 1 is 1.00 bits per heavy atom. The number of para-hydroxylation sites is 1. The van der Waals surface area contributed by atoms with Gasteiger partial charge >= 0.3 is 5.97 Å². The summed E-state index contributed by atoms with van der Waals surface area (Å²) >= 11 is 0. The van der Waals surface area contributed by atoms with Crippen molar-refractivity contribution in [3.63, 3.8) is 0 Å². The first kappa shape index (κ1) is 18.9. The third-order valence-corrected chi connectivity index (χ3v) is 5.59. The molecule has 6 heteroatoms. The van der Waals surface area contributed by atoms with Crippen molar-refractivity contribution in [2.45, 2.75) is 31.7 Å². The van der Waals surface area contributed by atoms with Crippen molar-refractivity contribution >= 4 is 11.9 Å². The van der Waals surface area contributed by atoms with E-state index in [4.69, 9.17) is 0 Å². The van der Waals surface area contributed by atoms with E-state index in [-0.39, 0.29) is 11.6 Å². The molecule has 148 valence electrons. The predicted octanol–water partition coefficient (Wildman–Crippen LogP) is 4.01. The van der Waals surface area contributed by atoms with Crippen molar-refractivity contribution < 1.29 is 14.7 Å². The number of piperidine rings is 1. The first-order chi connectivity index (χ1) is 14.0. The van der Waals surface area contributed by atoms with E-state index < -0.39 is 11.5 Å². The number of hydrogen-bond donors (Lipinski definition) is 1. The van der Waals surface area contributed by atoms with Crippen LogP contribution in [0.1, 0.15) is 36.7 Å². The maximum absolute atomic E-state index is 13.3. The molecule has 1 saturated heterocycles. The summed E-state index contributed by atoms with van der Waals surface area (Å²) < 4.78 is 1.88. The molecule has 1 atom stereocenters. The molecule has 1 aliphatic heterocycles. The molecule has 29 heavy (non-hydrogen) atoms. The summed E-state index contributed by atoms with van der Waals surface area (Å²) in [6, 6.07) is 19.3. The van der Waals surface area contributed by atoms with Gasteiger partial charge in [-0.15, -0.1) is 0 Å². The highest BCUT2D eigenvalue weighted by atomic mass is 16.4. The fraction of sp³-hybridized carbons (Fsp3) is 0.261. The van der Waals surface area contributed by atoms with Crippen molar-refractivity contribution in [1.82, 2.24) is 14.5 Å². The van der Waals surface area contributed by atoms with Crippen LogP contribution in [0.15, 0.2) is 66.9 Å². The number of carboxylic acid groups (broad SMARTS) is 1. The number of carboxylic acids is 1. The highest BCUT2D eigenvalue weighted by molar-refractivity contribution is 5.97. The number of carbonyl (C=O) groups is 2. The van der Waals surface area contributed by atoms with Crippen LogP contribution in [-0.2, 0) is 4.79 Å². The van der Waals surface area contributed by atoms with Gasteiger partial charge in [-0.2, -0.15) is 0 Å². The van der Waals surface area contributed by atoms with Gasteiger partial charge < -0.3 is 10.0 Å². The molecule has 0 saturated carbocycles. The van der Waals surface area contributed by atoms with Crippen LogP contribution in [0.5, 0.6) is 0 Å². The van der Waals surface area contributed by atoms with Crippen LogP contribution in [0.4, 0.5) is 0 Å². The van der Waals surface area contributed by atoms with Gasteiger partial charge in [0.15, 0.2) is 0 Å². The zero-order valence-electron chi connectivity index (χ0n) is 16.3. The fourth-order valence-corrected chi connectivity index (χ4v) is 3.87. The summed E-state index contributed by atoms with van der Waals surface area (Å²) in [5.41, 5.74) is 0.813. The van der Waals surface area contributed by atoms with Crippen LogP contribution in [0.2, 0.25) is 0 Å². The van der Waals surface area contributed by atoms with Crippen LogP contribution in [0, 0.1) is 0 Å². The quantitative estimate of drug-likeness (QED) is 0.732. The highest BCUT2D eigenvalue weighted by Gasteiger charge is 2.44. The number of amides is 1. The van der Waals surface area contributed by atoms with Crippen molar-refractivity contribution in [2.24, 2.45) is 0 Å². The van der Waals surface area contributed by atoms with Crippen LogP contribution in [-0.4, -0.2) is 43.5 Å². The number of rotatable bonds is 4. The molecule has 1 aliphatic rings. The lowest BCUT2D eigenvalue weighted by Crippen LogP contribution is -2.57. The van der Waals surface area contributed by atoms with Gasteiger partial charge in [-0.05, 0) is 38.3 Å². The lowest BCUT2D eigenvalue weighted by molar-refractivity contribution is -0.150. The van der Waals surface area contributed by atoms with Crippen LogP contribution in [0.25, 0.3) is 17.1 Å². The van der Waals surface area contributed by atoms with Crippen molar-refractivity contribution in [1.29, 1.82) is 0 Å². The fourth-order valence-electron chi connectivity index (χ4n) is 3.87. The second-order valence-electron chi connectivity index (χ2n) is 7.51. The Labute approximate surface area is 169 Å². The van der Waals surface area contributed by atoms with Gasteiger partial charge in [0.25, 0.3) is 5.91 Å². The van der Waals surface area contributed by atoms with Gasteiger partial charge in [-0.25, -0.2) is 9.78 Å². The van der Waals surface area contributed by atoms with E-state index in [1.54, 1.807) is 13.1 Å². The van der Waals surface area contributed by atoms with Gasteiger partial charge in [-0.1, -0.05) is 48.5 Å². The topological polar surface area (TPSA) is 75.4 Å². The maximum atomic E-state index is 13.3. The summed E-state index contributed by atoms with van der Waals surface area (Å²) in [5, 5.41) is 9.76. The van der Waals surface area contributed by atoms with E-state index in [0.717, 1.165) is 24.1 Å². The van der Waals surface area contributed by atoms with Gasteiger partial charge in [-0.3, -0.25) is 9.36 Å². The minimum Gasteiger partial charge on any atom is -0.480 e. The first-order valence-electron chi connectivity index (χ1n) is 9.76. The number of nitrogens with zero attached hydrogens (tertiary/aromatic N) is 3. The Hall–Kier alpha value is -3.41. The molecule has 1 amide bonds. The Bertz CT molecular complexity index is 973. The number of aromatic nitrogens is 2. The number of imidazole rings is 1. The van der Waals surface area contributed by atoms with Crippen LogP contribution >= 0.6 is 0 Å². The molecule has 2 aromatic carbocycles. The molecule has 2 heterocycles. The zero-order chi connectivity index (χ0) is 20.4. The van der Waals surface area contributed by atoms with Crippen molar-refractivity contribution in [2.75, 3.05) is 6.54 Å². The van der Waals surface area contributed by atoms with Gasteiger partial charge in [0.2, 0.25) is 0 Å². The van der Waals surface area contributed by atoms with E-state index in [2.05, 4.69) is 4.98 Å². The molecule has 0 aliphatic carbocycles. The van der Waals surface area contributed by atoms with Crippen LogP contribution < -0.4 is 0 Å². The molecule has 0 spiro atoms. The van der Waals surface area contributed by atoms with E-state index >= 15 is 0 Å². The average molecular weight is 389 g/mol. The Morgan fingerprint density at radius 2 is 1.66 bits per heavy atom. The Morgan fingerprint density at radius 3 is 2.31 bits per heavy atom. The molecular weight excluding hydrogens is 366 g/mol. The molecular formula is C23H23N3O3.